The third-order valence-electron chi connectivity index (χ3n) is 3.39. The summed E-state index contributed by atoms with van der Waals surface area (Å²) in [5, 5.41) is 4.36. The van der Waals surface area contributed by atoms with Crippen molar-refractivity contribution in [1.82, 2.24) is 10.6 Å². The van der Waals surface area contributed by atoms with Gasteiger partial charge in [-0.05, 0) is 18.8 Å². The monoisotopic (exact) mass is 533 g/mol. The standard InChI is InChI=1S/C11H18N2O3.Al.2HI.Na.H/c1-4-6-7(3)11(5-2)8(14)12-10(16)13-9(11)15;;;;;/h7H,4-6H2,1-3H3,(H2,12,13,14,15,16);;2*1H;;/q;;;;+1;-1. The van der Waals surface area contributed by atoms with Crippen molar-refractivity contribution in [3.8, 4) is 0 Å². The Morgan fingerprint density at radius 1 is 1.10 bits per heavy atom. The molecule has 0 aliphatic carbocycles. The molecule has 0 bridgehead atoms. The van der Waals surface area contributed by atoms with Crippen LogP contribution >= 0.6 is 48.0 Å². The van der Waals surface area contributed by atoms with Crippen LogP contribution in [0.3, 0.4) is 0 Å². The van der Waals surface area contributed by atoms with E-state index >= 15 is 0 Å². The average Bonchev–Trinajstić information content (AvgIpc) is 2.18. The van der Waals surface area contributed by atoms with Gasteiger partial charge in [-0.1, -0.05) is 27.2 Å². The van der Waals surface area contributed by atoms with E-state index in [1.807, 2.05) is 13.8 Å². The molecule has 111 valence electrons. The molecular formula is C11H21AlI2N2NaO3. The van der Waals surface area contributed by atoms with Crippen LogP contribution in [-0.2, 0) is 9.59 Å². The maximum absolute atomic E-state index is 11.9. The number of urea groups is 1. The molecule has 0 aromatic rings. The Bertz CT molecular complexity index is 331. The Hall–Kier alpha value is 1.60. The minimum absolute atomic E-state index is 0. The fourth-order valence-electron chi connectivity index (χ4n) is 2.36. The van der Waals surface area contributed by atoms with Crippen molar-refractivity contribution >= 4 is 83.2 Å². The summed E-state index contributed by atoms with van der Waals surface area (Å²) in [6.45, 7) is 5.67. The van der Waals surface area contributed by atoms with Gasteiger partial charge in [0, 0.05) is 17.4 Å². The molecule has 5 nitrogen and oxygen atoms in total. The Morgan fingerprint density at radius 3 is 1.80 bits per heavy atom. The number of hydrogen-bond acceptors (Lipinski definition) is 3. The predicted octanol–water partition coefficient (Wildman–Crippen LogP) is -0.843. The van der Waals surface area contributed by atoms with Crippen molar-refractivity contribution in [1.29, 1.82) is 0 Å². The second kappa shape index (κ2) is 13.1. The van der Waals surface area contributed by atoms with Gasteiger partial charge in [0.1, 0.15) is 5.41 Å². The number of nitrogens with one attached hydrogen (secondary N) is 2. The second-order valence-corrected chi connectivity index (χ2v) is 4.25. The van der Waals surface area contributed by atoms with Crippen molar-refractivity contribution in [2.45, 2.75) is 40.0 Å². The van der Waals surface area contributed by atoms with Crippen molar-refractivity contribution in [2.75, 3.05) is 0 Å². The van der Waals surface area contributed by atoms with Crippen LogP contribution in [0, 0.1) is 11.3 Å². The Kier molecular flexibility index (Phi) is 19.4. The van der Waals surface area contributed by atoms with Crippen molar-refractivity contribution in [3.05, 3.63) is 0 Å². The minimum atomic E-state index is -1.09. The van der Waals surface area contributed by atoms with Crippen LogP contribution < -0.4 is 40.2 Å². The molecular weight excluding hydrogens is 512 g/mol. The van der Waals surface area contributed by atoms with Gasteiger partial charge < -0.3 is 1.43 Å². The molecule has 1 fully saturated rings. The van der Waals surface area contributed by atoms with Crippen molar-refractivity contribution in [3.63, 3.8) is 0 Å². The molecule has 3 radical (unpaired) electrons. The first-order valence-electron chi connectivity index (χ1n) is 5.65. The van der Waals surface area contributed by atoms with E-state index in [1.165, 1.54) is 0 Å². The van der Waals surface area contributed by atoms with Crippen LogP contribution in [0.5, 0.6) is 0 Å². The zero-order valence-corrected chi connectivity index (χ0v) is 20.1. The van der Waals surface area contributed by atoms with Gasteiger partial charge in [-0.2, -0.15) is 0 Å². The maximum Gasteiger partial charge on any atom is 1.00 e. The van der Waals surface area contributed by atoms with Crippen molar-refractivity contribution < 1.29 is 45.4 Å². The third kappa shape index (κ3) is 6.01. The van der Waals surface area contributed by atoms with Gasteiger partial charge in [0.25, 0.3) is 0 Å². The van der Waals surface area contributed by atoms with E-state index in [4.69, 9.17) is 0 Å². The summed E-state index contributed by atoms with van der Waals surface area (Å²) in [6.07, 6.45) is 2.08. The molecule has 4 amide bonds. The van der Waals surface area contributed by atoms with Crippen LogP contribution in [0.1, 0.15) is 41.5 Å². The first-order chi connectivity index (χ1) is 7.48. The first-order valence-corrected chi connectivity index (χ1v) is 5.65. The van der Waals surface area contributed by atoms with Crippen molar-refractivity contribution in [2.24, 2.45) is 11.3 Å². The number of halogens is 2. The summed E-state index contributed by atoms with van der Waals surface area (Å²) < 4.78 is 0. The molecule has 1 rings (SSSR count). The maximum atomic E-state index is 11.9. The molecule has 1 aliphatic rings. The van der Waals surface area contributed by atoms with E-state index in [2.05, 4.69) is 10.6 Å². The van der Waals surface area contributed by atoms with Crippen LogP contribution in [0.25, 0.3) is 0 Å². The zero-order chi connectivity index (χ0) is 12.3. The quantitative estimate of drug-likeness (QED) is 0.282. The van der Waals surface area contributed by atoms with Gasteiger partial charge in [-0.25, -0.2) is 4.79 Å². The summed E-state index contributed by atoms with van der Waals surface area (Å²) >= 11 is 0. The molecule has 0 aromatic carbocycles. The number of amides is 4. The largest absolute Gasteiger partial charge is 1.00 e. The normalized spacial score (nSPS) is 17.1. The molecule has 0 spiro atoms. The van der Waals surface area contributed by atoms with E-state index in [-0.39, 0.29) is 102 Å². The van der Waals surface area contributed by atoms with Crippen LogP contribution in [0.4, 0.5) is 4.79 Å². The topological polar surface area (TPSA) is 75.3 Å². The van der Waals surface area contributed by atoms with Gasteiger partial charge in [-0.3, -0.25) is 20.2 Å². The molecule has 2 N–H and O–H groups in total. The number of carbonyl (C=O) groups is 3. The number of hydrogen-bond donors (Lipinski definition) is 2. The van der Waals surface area contributed by atoms with Gasteiger partial charge in [0.2, 0.25) is 11.8 Å². The summed E-state index contributed by atoms with van der Waals surface area (Å²) in [4.78, 5) is 34.8. The van der Waals surface area contributed by atoms with Gasteiger partial charge in [0.15, 0.2) is 0 Å². The van der Waals surface area contributed by atoms with E-state index in [1.54, 1.807) is 6.92 Å². The Balaban J connectivity index is -0.000000171. The third-order valence-corrected chi connectivity index (χ3v) is 3.39. The summed E-state index contributed by atoms with van der Waals surface area (Å²) in [5.74, 6) is -1.01. The summed E-state index contributed by atoms with van der Waals surface area (Å²) in [6, 6.07) is -0.720. The predicted molar refractivity (Wildman–Crippen MR) is 96.2 cm³/mol. The van der Waals surface area contributed by atoms with E-state index < -0.39 is 23.3 Å². The number of barbiturate groups is 1. The van der Waals surface area contributed by atoms with Gasteiger partial charge in [0.05, 0.1) is 0 Å². The fraction of sp³-hybridized carbons (Fsp3) is 0.727. The molecule has 1 aliphatic heterocycles. The molecule has 1 atom stereocenters. The SMILES string of the molecule is CCCC(C)C1(CC)C(=O)NC(=O)NC1=O.I.I.[Al].[H-].[Na+]. The molecule has 1 unspecified atom stereocenters. The van der Waals surface area contributed by atoms with Crippen LogP contribution in [0.15, 0.2) is 0 Å². The number of carbonyl (C=O) groups excluding carboxylic acids is 3. The van der Waals surface area contributed by atoms with Crippen LogP contribution in [0.2, 0.25) is 0 Å². The van der Waals surface area contributed by atoms with E-state index in [0.29, 0.717) is 6.42 Å². The smallest absolute Gasteiger partial charge is 1.00 e. The van der Waals surface area contributed by atoms with Crippen LogP contribution in [-0.4, -0.2) is 35.2 Å². The number of imide groups is 2. The molecule has 1 saturated heterocycles. The first kappa shape index (κ1) is 29.6. The minimum Gasteiger partial charge on any atom is -1.00 e. The second-order valence-electron chi connectivity index (χ2n) is 4.25. The Labute approximate surface area is 188 Å². The molecule has 1 heterocycles. The van der Waals surface area contributed by atoms with Gasteiger partial charge >= 0.3 is 35.6 Å². The average molecular weight is 533 g/mol. The van der Waals surface area contributed by atoms with E-state index in [9.17, 15) is 14.4 Å². The molecule has 0 saturated carbocycles. The summed E-state index contributed by atoms with van der Waals surface area (Å²) in [7, 11) is 0. The fourth-order valence-corrected chi connectivity index (χ4v) is 2.36. The molecule has 9 heteroatoms. The molecule has 0 aromatic heterocycles. The Morgan fingerprint density at radius 2 is 1.50 bits per heavy atom. The van der Waals surface area contributed by atoms with Gasteiger partial charge in [-0.15, -0.1) is 48.0 Å². The zero-order valence-electron chi connectivity index (χ0n) is 13.3. The molecule has 20 heavy (non-hydrogen) atoms. The van der Waals surface area contributed by atoms with E-state index in [0.717, 1.165) is 12.8 Å². The summed E-state index contributed by atoms with van der Waals surface area (Å²) in [5.41, 5.74) is -1.09. The number of rotatable bonds is 4.